The number of methoxy groups -OCH3 is 2. The molecule has 25 heavy (non-hydrogen) atoms. The number of nitrogens with zero attached hydrogens (tertiary/aromatic N) is 4. The van der Waals surface area contributed by atoms with E-state index in [9.17, 15) is 0 Å². The van der Waals surface area contributed by atoms with Crippen molar-refractivity contribution >= 4 is 0 Å². The van der Waals surface area contributed by atoms with E-state index in [2.05, 4.69) is 32.0 Å². The zero-order valence-electron chi connectivity index (χ0n) is 15.0. The van der Waals surface area contributed by atoms with Crippen molar-refractivity contribution in [3.8, 4) is 5.75 Å². The molecule has 1 atom stereocenters. The molecule has 1 aromatic carbocycles. The maximum atomic E-state index is 5.51. The van der Waals surface area contributed by atoms with Gasteiger partial charge in [0.15, 0.2) is 0 Å². The Bertz CT molecular complexity index is 709. The molecule has 2 heterocycles. The summed E-state index contributed by atoms with van der Waals surface area (Å²) < 4.78 is 12.9. The predicted octanol–water partition coefficient (Wildman–Crippen LogP) is 2.44. The molecule has 2 aliphatic rings. The highest BCUT2D eigenvalue weighted by molar-refractivity contribution is 5.28. The molecule has 0 N–H and O–H groups in total. The Balaban J connectivity index is 1.52. The summed E-state index contributed by atoms with van der Waals surface area (Å²) in [6, 6.07) is 8.46. The Labute approximate surface area is 148 Å². The van der Waals surface area contributed by atoms with Crippen LogP contribution in [0.25, 0.3) is 0 Å². The topological polar surface area (TPSA) is 52.4 Å². The third-order valence-corrected chi connectivity index (χ3v) is 5.26. The van der Waals surface area contributed by atoms with Crippen molar-refractivity contribution < 1.29 is 9.47 Å². The van der Waals surface area contributed by atoms with E-state index in [4.69, 9.17) is 9.47 Å². The average Bonchev–Trinajstić information content (AvgIpc) is 3.36. The predicted molar refractivity (Wildman–Crippen MR) is 94.5 cm³/mol. The van der Waals surface area contributed by atoms with Gasteiger partial charge in [0.1, 0.15) is 11.4 Å². The van der Waals surface area contributed by atoms with Gasteiger partial charge in [0.05, 0.1) is 25.5 Å². The van der Waals surface area contributed by atoms with Gasteiger partial charge in [-0.05, 0) is 36.5 Å². The molecule has 1 fully saturated rings. The van der Waals surface area contributed by atoms with Crippen molar-refractivity contribution in [3.05, 3.63) is 41.2 Å². The molecule has 0 bridgehead atoms. The molecule has 0 saturated heterocycles. The molecule has 6 heteroatoms. The van der Waals surface area contributed by atoms with Gasteiger partial charge in [-0.25, -0.2) is 4.68 Å². The maximum absolute atomic E-state index is 5.51. The van der Waals surface area contributed by atoms with Crippen LogP contribution in [0, 0.1) is 5.92 Å². The number of hydrogen-bond acceptors (Lipinski definition) is 5. The number of ether oxygens (including phenoxy) is 2. The van der Waals surface area contributed by atoms with Gasteiger partial charge in [0, 0.05) is 33.2 Å². The van der Waals surface area contributed by atoms with E-state index in [0.29, 0.717) is 6.61 Å². The van der Waals surface area contributed by atoms with Crippen molar-refractivity contribution in [2.75, 3.05) is 27.4 Å². The standard InChI is InChI=1S/C19H26N4O2/c1-24-13-18-19-17(23(21-20-19)12-15-3-4-15)9-10-22(18)11-14-5-7-16(25-2)8-6-14/h5-8,15,18H,3-4,9-13H2,1-2H3/t18-/m0/s1. The summed E-state index contributed by atoms with van der Waals surface area (Å²) in [5, 5.41) is 8.97. The van der Waals surface area contributed by atoms with Crippen LogP contribution in [0.1, 0.15) is 35.8 Å². The Morgan fingerprint density at radius 2 is 1.96 bits per heavy atom. The summed E-state index contributed by atoms with van der Waals surface area (Å²) >= 11 is 0. The zero-order valence-corrected chi connectivity index (χ0v) is 15.0. The third-order valence-electron chi connectivity index (χ3n) is 5.26. The Kier molecular flexibility index (Phi) is 4.72. The first-order chi connectivity index (χ1) is 12.3. The summed E-state index contributed by atoms with van der Waals surface area (Å²) in [7, 11) is 3.45. The normalized spacial score (nSPS) is 20.5. The van der Waals surface area contributed by atoms with E-state index in [1.807, 2.05) is 12.1 Å². The second kappa shape index (κ2) is 7.14. The molecule has 0 amide bonds. The van der Waals surface area contributed by atoms with Crippen LogP contribution >= 0.6 is 0 Å². The SMILES string of the molecule is COC[C@H]1c2nnn(CC3CC3)c2CCN1Cc1ccc(OC)cc1. The first-order valence-electron chi connectivity index (χ1n) is 9.06. The van der Waals surface area contributed by atoms with Gasteiger partial charge in [-0.15, -0.1) is 5.10 Å². The van der Waals surface area contributed by atoms with E-state index >= 15 is 0 Å². The fourth-order valence-electron chi connectivity index (χ4n) is 3.63. The Morgan fingerprint density at radius 3 is 2.64 bits per heavy atom. The minimum Gasteiger partial charge on any atom is -0.497 e. The Morgan fingerprint density at radius 1 is 1.16 bits per heavy atom. The number of benzene rings is 1. The Hall–Kier alpha value is -1.92. The van der Waals surface area contributed by atoms with E-state index in [1.165, 1.54) is 24.1 Å². The molecule has 0 unspecified atom stereocenters. The molecular weight excluding hydrogens is 316 g/mol. The lowest BCUT2D eigenvalue weighted by Crippen LogP contribution is -2.38. The second-order valence-electron chi connectivity index (χ2n) is 7.09. The molecule has 134 valence electrons. The largest absolute Gasteiger partial charge is 0.497 e. The molecule has 6 nitrogen and oxygen atoms in total. The van der Waals surface area contributed by atoms with Crippen LogP contribution in [0.3, 0.4) is 0 Å². The van der Waals surface area contributed by atoms with Gasteiger partial charge in [-0.2, -0.15) is 0 Å². The lowest BCUT2D eigenvalue weighted by Gasteiger charge is -2.34. The third kappa shape index (κ3) is 3.55. The second-order valence-corrected chi connectivity index (χ2v) is 7.09. The molecule has 1 aliphatic heterocycles. The number of rotatable bonds is 7. The summed E-state index contributed by atoms with van der Waals surface area (Å²) in [4.78, 5) is 2.45. The quantitative estimate of drug-likeness (QED) is 0.774. The summed E-state index contributed by atoms with van der Waals surface area (Å²) in [5.41, 5.74) is 3.68. The van der Waals surface area contributed by atoms with Gasteiger partial charge < -0.3 is 9.47 Å². The molecular formula is C19H26N4O2. The smallest absolute Gasteiger partial charge is 0.118 e. The fraction of sp³-hybridized carbons (Fsp3) is 0.579. The molecule has 2 aromatic rings. The van der Waals surface area contributed by atoms with Crippen molar-refractivity contribution in [3.63, 3.8) is 0 Å². The van der Waals surface area contributed by atoms with Crippen molar-refractivity contribution in [2.45, 2.75) is 38.4 Å². The van der Waals surface area contributed by atoms with E-state index in [1.54, 1.807) is 14.2 Å². The van der Waals surface area contributed by atoms with E-state index in [0.717, 1.165) is 43.4 Å². The highest BCUT2D eigenvalue weighted by Gasteiger charge is 2.33. The minimum atomic E-state index is 0.170. The minimum absolute atomic E-state index is 0.170. The van der Waals surface area contributed by atoms with Crippen LogP contribution in [-0.4, -0.2) is 47.3 Å². The van der Waals surface area contributed by atoms with Gasteiger partial charge in [0.2, 0.25) is 0 Å². The van der Waals surface area contributed by atoms with Crippen LogP contribution < -0.4 is 4.74 Å². The lowest BCUT2D eigenvalue weighted by atomic mass is 10.0. The lowest BCUT2D eigenvalue weighted by molar-refractivity contribution is 0.0749. The first kappa shape index (κ1) is 16.5. The van der Waals surface area contributed by atoms with Crippen molar-refractivity contribution in [1.82, 2.24) is 19.9 Å². The average molecular weight is 342 g/mol. The molecule has 4 rings (SSSR count). The summed E-state index contributed by atoms with van der Waals surface area (Å²) in [6.45, 7) is 3.56. The van der Waals surface area contributed by atoms with Gasteiger partial charge in [0.25, 0.3) is 0 Å². The van der Waals surface area contributed by atoms with Gasteiger partial charge in [-0.3, -0.25) is 4.90 Å². The fourth-order valence-corrected chi connectivity index (χ4v) is 3.63. The summed E-state index contributed by atoms with van der Waals surface area (Å²) in [6.07, 6.45) is 3.67. The molecule has 0 radical (unpaired) electrons. The van der Waals surface area contributed by atoms with E-state index < -0.39 is 0 Å². The summed E-state index contributed by atoms with van der Waals surface area (Å²) in [5.74, 6) is 1.70. The zero-order chi connectivity index (χ0) is 17.2. The maximum Gasteiger partial charge on any atom is 0.118 e. The highest BCUT2D eigenvalue weighted by atomic mass is 16.5. The van der Waals surface area contributed by atoms with Crippen LogP contribution in [0.5, 0.6) is 5.75 Å². The molecule has 1 aromatic heterocycles. The molecule has 1 saturated carbocycles. The van der Waals surface area contributed by atoms with Gasteiger partial charge in [-0.1, -0.05) is 17.3 Å². The highest BCUT2D eigenvalue weighted by Crippen LogP contribution is 2.34. The monoisotopic (exact) mass is 342 g/mol. The number of fused-ring (bicyclic) bond motifs is 1. The van der Waals surface area contributed by atoms with Crippen LogP contribution in [-0.2, 0) is 24.2 Å². The van der Waals surface area contributed by atoms with Crippen molar-refractivity contribution in [1.29, 1.82) is 0 Å². The van der Waals surface area contributed by atoms with Crippen LogP contribution in [0.4, 0.5) is 0 Å². The van der Waals surface area contributed by atoms with Gasteiger partial charge >= 0.3 is 0 Å². The molecule has 1 aliphatic carbocycles. The molecule has 0 spiro atoms. The number of hydrogen-bond donors (Lipinski definition) is 0. The number of aromatic nitrogens is 3. The first-order valence-corrected chi connectivity index (χ1v) is 9.06. The van der Waals surface area contributed by atoms with Crippen molar-refractivity contribution in [2.24, 2.45) is 5.92 Å². The van der Waals surface area contributed by atoms with Crippen LogP contribution in [0.15, 0.2) is 24.3 Å². The van der Waals surface area contributed by atoms with E-state index in [-0.39, 0.29) is 6.04 Å². The van der Waals surface area contributed by atoms with Crippen LogP contribution in [0.2, 0.25) is 0 Å².